The Hall–Kier alpha value is -1.76. The van der Waals surface area contributed by atoms with E-state index in [2.05, 4.69) is 0 Å². The van der Waals surface area contributed by atoms with Crippen molar-refractivity contribution < 1.29 is 19.1 Å². The first-order valence-corrected chi connectivity index (χ1v) is 6.80. The molecule has 1 aromatic rings. The molecule has 1 aliphatic heterocycles. The molecular weight excluding hydrogens is 268 g/mol. The van der Waals surface area contributed by atoms with E-state index in [0.717, 1.165) is 10.4 Å². The fraction of sp³-hybridized carbons (Fsp3) is 0.500. The average Bonchev–Trinajstić information content (AvgIpc) is 2.75. The number of nitrogens with zero attached hydrogens (tertiary/aromatic N) is 1. The van der Waals surface area contributed by atoms with Crippen LogP contribution in [0.2, 0.25) is 0 Å². The summed E-state index contributed by atoms with van der Waals surface area (Å²) < 4.78 is 9.66. The number of carbonyl (C=O) groups excluding carboxylic acids is 2. The predicted octanol–water partition coefficient (Wildman–Crippen LogP) is 1.63. The summed E-state index contributed by atoms with van der Waals surface area (Å²) in [5.41, 5.74) is 7.22. The summed E-state index contributed by atoms with van der Waals surface area (Å²) in [4.78, 5) is 26.3. The van der Waals surface area contributed by atoms with Crippen molar-refractivity contribution in [2.75, 3.05) is 26.0 Å². The van der Waals surface area contributed by atoms with Crippen LogP contribution in [0.3, 0.4) is 0 Å². The summed E-state index contributed by atoms with van der Waals surface area (Å²) in [7, 11) is 1.32. The maximum atomic E-state index is 11.7. The Balaban J connectivity index is 2.23. The lowest BCUT2D eigenvalue weighted by Crippen LogP contribution is -2.36. The van der Waals surface area contributed by atoms with Gasteiger partial charge in [-0.3, -0.25) is 0 Å². The largest absolute Gasteiger partial charge is 0.465 e. The highest BCUT2D eigenvalue weighted by molar-refractivity contribution is 7.14. The third-order valence-electron chi connectivity index (χ3n) is 2.99. The number of esters is 1. The zero-order valence-electron chi connectivity index (χ0n) is 10.9. The highest BCUT2D eigenvalue weighted by Crippen LogP contribution is 2.35. The molecule has 1 aromatic heterocycles. The molecule has 0 atom stereocenters. The van der Waals surface area contributed by atoms with Crippen LogP contribution in [-0.4, -0.2) is 37.2 Å². The molecule has 2 heterocycles. The summed E-state index contributed by atoms with van der Waals surface area (Å²) in [5, 5.41) is 0. The lowest BCUT2D eigenvalue weighted by molar-refractivity contribution is 0.0607. The Morgan fingerprint density at radius 2 is 2.21 bits per heavy atom. The number of ether oxygens (including phenoxy) is 2. The van der Waals surface area contributed by atoms with E-state index in [9.17, 15) is 9.59 Å². The van der Waals surface area contributed by atoms with Crippen LogP contribution in [0.1, 0.15) is 27.0 Å². The zero-order valence-corrected chi connectivity index (χ0v) is 11.7. The predicted molar refractivity (Wildman–Crippen MR) is 71.2 cm³/mol. The molecule has 0 unspecified atom stereocenters. The fourth-order valence-electron chi connectivity index (χ4n) is 2.02. The highest BCUT2D eigenvalue weighted by Gasteiger charge is 2.28. The van der Waals surface area contributed by atoms with Crippen LogP contribution in [0.15, 0.2) is 0 Å². The van der Waals surface area contributed by atoms with Crippen molar-refractivity contribution in [1.29, 1.82) is 0 Å². The Kier molecular flexibility index (Phi) is 3.94. The maximum absolute atomic E-state index is 11.7. The molecule has 0 aliphatic carbocycles. The molecule has 0 bridgehead atoms. The van der Waals surface area contributed by atoms with Crippen molar-refractivity contribution in [2.24, 2.45) is 0 Å². The number of methoxy groups -OCH3 is 1. The molecule has 2 N–H and O–H groups in total. The smallest absolute Gasteiger partial charge is 0.410 e. The Labute approximate surface area is 115 Å². The summed E-state index contributed by atoms with van der Waals surface area (Å²) in [6.45, 7) is 3.07. The van der Waals surface area contributed by atoms with E-state index in [0.29, 0.717) is 36.7 Å². The Morgan fingerprint density at radius 3 is 2.84 bits per heavy atom. The number of rotatable bonds is 2. The fourth-order valence-corrected chi connectivity index (χ4v) is 3.16. The first-order valence-electron chi connectivity index (χ1n) is 5.98. The van der Waals surface area contributed by atoms with E-state index in [1.165, 1.54) is 18.4 Å². The number of amides is 1. The van der Waals surface area contributed by atoms with Gasteiger partial charge in [0.2, 0.25) is 0 Å². The second-order valence-corrected chi connectivity index (χ2v) is 5.21. The third-order valence-corrected chi connectivity index (χ3v) is 4.27. The first kappa shape index (κ1) is 13.7. The summed E-state index contributed by atoms with van der Waals surface area (Å²) >= 11 is 1.34. The summed E-state index contributed by atoms with van der Waals surface area (Å²) in [5.74, 6) is -0.431. The van der Waals surface area contributed by atoms with Gasteiger partial charge in [0.25, 0.3) is 0 Å². The number of hydrogen-bond donors (Lipinski definition) is 1. The quantitative estimate of drug-likeness (QED) is 0.835. The van der Waals surface area contributed by atoms with Gasteiger partial charge in [0.15, 0.2) is 0 Å². The number of thiophene rings is 1. The van der Waals surface area contributed by atoms with Gasteiger partial charge in [-0.15, -0.1) is 11.3 Å². The molecule has 0 saturated heterocycles. The molecule has 0 aromatic carbocycles. The van der Waals surface area contributed by atoms with Gasteiger partial charge < -0.3 is 20.1 Å². The van der Waals surface area contributed by atoms with Crippen LogP contribution in [0.4, 0.5) is 10.5 Å². The standard InChI is InChI=1S/C12H16N2O4S/c1-3-18-12(16)14-5-4-8-7(6-14)9(13)10(19-8)11(15)17-2/h3-6,13H2,1-2H3. The molecule has 0 radical (unpaired) electrons. The number of nitrogen functional groups attached to an aromatic ring is 1. The van der Waals surface area contributed by atoms with Crippen LogP contribution >= 0.6 is 11.3 Å². The normalized spacial score (nSPS) is 13.9. The topological polar surface area (TPSA) is 81.9 Å². The van der Waals surface area contributed by atoms with Gasteiger partial charge in [0.1, 0.15) is 4.88 Å². The number of anilines is 1. The number of carbonyl (C=O) groups is 2. The minimum atomic E-state index is -0.431. The Bertz CT molecular complexity index is 512. The molecule has 0 spiro atoms. The lowest BCUT2D eigenvalue weighted by atomic mass is 10.1. The highest BCUT2D eigenvalue weighted by atomic mass is 32.1. The molecule has 7 heteroatoms. The molecular formula is C12H16N2O4S. The molecule has 0 fully saturated rings. The second kappa shape index (κ2) is 5.48. The number of nitrogens with two attached hydrogens (primary N) is 1. The Morgan fingerprint density at radius 1 is 1.47 bits per heavy atom. The summed E-state index contributed by atoms with van der Waals surface area (Å²) in [6.07, 6.45) is 0.332. The third kappa shape index (κ3) is 2.51. The molecule has 1 amide bonds. The van der Waals surface area contributed by atoms with Crippen LogP contribution in [-0.2, 0) is 22.4 Å². The van der Waals surface area contributed by atoms with Crippen molar-refractivity contribution in [2.45, 2.75) is 19.9 Å². The van der Waals surface area contributed by atoms with Crippen LogP contribution in [0.5, 0.6) is 0 Å². The van der Waals surface area contributed by atoms with E-state index >= 15 is 0 Å². The van der Waals surface area contributed by atoms with Crippen molar-refractivity contribution in [3.8, 4) is 0 Å². The van der Waals surface area contributed by atoms with Crippen molar-refractivity contribution >= 4 is 29.1 Å². The van der Waals surface area contributed by atoms with E-state index < -0.39 is 5.97 Å². The van der Waals surface area contributed by atoms with Crippen LogP contribution in [0, 0.1) is 0 Å². The van der Waals surface area contributed by atoms with Gasteiger partial charge in [-0.2, -0.15) is 0 Å². The van der Waals surface area contributed by atoms with Gasteiger partial charge in [-0.05, 0) is 13.3 Å². The average molecular weight is 284 g/mol. The van der Waals surface area contributed by atoms with Crippen LogP contribution < -0.4 is 5.73 Å². The van der Waals surface area contributed by atoms with E-state index in [1.807, 2.05) is 0 Å². The molecule has 19 heavy (non-hydrogen) atoms. The second-order valence-electron chi connectivity index (χ2n) is 4.11. The number of hydrogen-bond acceptors (Lipinski definition) is 6. The van der Waals surface area contributed by atoms with Crippen molar-refractivity contribution in [3.63, 3.8) is 0 Å². The van der Waals surface area contributed by atoms with E-state index in [-0.39, 0.29) is 6.09 Å². The van der Waals surface area contributed by atoms with Gasteiger partial charge in [-0.25, -0.2) is 9.59 Å². The lowest BCUT2D eigenvalue weighted by Gasteiger charge is -2.26. The van der Waals surface area contributed by atoms with E-state index in [4.69, 9.17) is 15.2 Å². The molecule has 6 nitrogen and oxygen atoms in total. The maximum Gasteiger partial charge on any atom is 0.410 e. The molecule has 0 saturated carbocycles. The minimum absolute atomic E-state index is 0.342. The molecule has 104 valence electrons. The monoisotopic (exact) mass is 284 g/mol. The zero-order chi connectivity index (χ0) is 14.0. The van der Waals surface area contributed by atoms with Crippen LogP contribution in [0.25, 0.3) is 0 Å². The van der Waals surface area contributed by atoms with Gasteiger partial charge in [0, 0.05) is 17.0 Å². The van der Waals surface area contributed by atoms with Gasteiger partial charge in [0.05, 0.1) is 25.9 Å². The van der Waals surface area contributed by atoms with Gasteiger partial charge >= 0.3 is 12.1 Å². The minimum Gasteiger partial charge on any atom is -0.465 e. The first-order chi connectivity index (χ1) is 9.08. The van der Waals surface area contributed by atoms with E-state index in [1.54, 1.807) is 11.8 Å². The molecule has 2 rings (SSSR count). The van der Waals surface area contributed by atoms with Crippen molar-refractivity contribution in [3.05, 3.63) is 15.3 Å². The summed E-state index contributed by atoms with van der Waals surface area (Å²) in [6, 6.07) is 0. The SMILES string of the molecule is CCOC(=O)N1CCc2sc(C(=O)OC)c(N)c2C1. The van der Waals surface area contributed by atoms with Gasteiger partial charge in [-0.1, -0.05) is 0 Å². The van der Waals surface area contributed by atoms with Crippen molar-refractivity contribution in [1.82, 2.24) is 4.90 Å². The molecule has 1 aliphatic rings. The number of fused-ring (bicyclic) bond motifs is 1.